The molecule has 2 heterocycles. The predicted molar refractivity (Wildman–Crippen MR) is 84.8 cm³/mol. The van der Waals surface area contributed by atoms with E-state index in [1.54, 1.807) is 4.90 Å². The van der Waals surface area contributed by atoms with Gasteiger partial charge in [-0.25, -0.2) is 4.98 Å². The van der Waals surface area contributed by atoms with E-state index >= 15 is 0 Å². The van der Waals surface area contributed by atoms with Crippen LogP contribution >= 0.6 is 27.5 Å². The zero-order valence-electron chi connectivity index (χ0n) is 11.4. The second-order valence-electron chi connectivity index (χ2n) is 4.84. The number of amides is 1. The van der Waals surface area contributed by atoms with Gasteiger partial charge in [-0.15, -0.1) is 0 Å². The highest BCUT2D eigenvalue weighted by atomic mass is 79.9. The maximum atomic E-state index is 12.2. The standard InChI is InChI=1S/C14H13BrClN3O2/c1-8-10(15)4-3-9-12(8)17-14(16)18-13(9)19-5-2-6-21-7-11(19)20/h3-4H,2,5-7H2,1H3. The van der Waals surface area contributed by atoms with Gasteiger partial charge in [0.2, 0.25) is 5.28 Å². The molecule has 1 aromatic heterocycles. The van der Waals surface area contributed by atoms with Crippen LogP contribution < -0.4 is 4.90 Å². The molecule has 1 saturated heterocycles. The van der Waals surface area contributed by atoms with E-state index in [0.29, 0.717) is 19.0 Å². The quantitative estimate of drug-likeness (QED) is 0.724. The van der Waals surface area contributed by atoms with Crippen molar-refractivity contribution in [2.75, 3.05) is 24.7 Å². The van der Waals surface area contributed by atoms with Crippen LogP contribution in [-0.4, -0.2) is 35.6 Å². The van der Waals surface area contributed by atoms with Gasteiger partial charge < -0.3 is 4.74 Å². The molecule has 110 valence electrons. The molecule has 0 radical (unpaired) electrons. The number of aryl methyl sites for hydroxylation is 1. The van der Waals surface area contributed by atoms with Crippen LogP contribution in [0.2, 0.25) is 5.28 Å². The number of aromatic nitrogens is 2. The summed E-state index contributed by atoms with van der Waals surface area (Å²) in [5.41, 5.74) is 1.72. The van der Waals surface area contributed by atoms with Crippen molar-refractivity contribution in [3.8, 4) is 0 Å². The summed E-state index contributed by atoms with van der Waals surface area (Å²) in [6.07, 6.45) is 0.768. The molecule has 0 atom stereocenters. The van der Waals surface area contributed by atoms with E-state index in [0.717, 1.165) is 27.4 Å². The van der Waals surface area contributed by atoms with E-state index in [9.17, 15) is 4.79 Å². The lowest BCUT2D eigenvalue weighted by Crippen LogP contribution is -2.33. The molecule has 7 heteroatoms. The van der Waals surface area contributed by atoms with Crippen LogP contribution in [0.25, 0.3) is 10.9 Å². The maximum Gasteiger partial charge on any atom is 0.254 e. The number of carbonyl (C=O) groups is 1. The summed E-state index contributed by atoms with van der Waals surface area (Å²) in [7, 11) is 0. The topological polar surface area (TPSA) is 55.3 Å². The Morgan fingerprint density at radius 1 is 1.38 bits per heavy atom. The van der Waals surface area contributed by atoms with Gasteiger partial charge >= 0.3 is 0 Å². The summed E-state index contributed by atoms with van der Waals surface area (Å²) in [5.74, 6) is 0.445. The van der Waals surface area contributed by atoms with Crippen molar-refractivity contribution in [1.29, 1.82) is 0 Å². The maximum absolute atomic E-state index is 12.2. The number of ether oxygens (including phenoxy) is 1. The van der Waals surface area contributed by atoms with Gasteiger partial charge in [-0.1, -0.05) is 15.9 Å². The number of anilines is 1. The normalized spacial score (nSPS) is 16.3. The minimum absolute atomic E-state index is 0.0681. The van der Waals surface area contributed by atoms with Gasteiger partial charge in [-0.05, 0) is 42.6 Å². The van der Waals surface area contributed by atoms with Crippen molar-refractivity contribution in [3.63, 3.8) is 0 Å². The Labute approximate surface area is 135 Å². The molecule has 0 aliphatic carbocycles. The van der Waals surface area contributed by atoms with Gasteiger partial charge in [0.15, 0.2) is 0 Å². The van der Waals surface area contributed by atoms with Gasteiger partial charge in [0.1, 0.15) is 12.4 Å². The fourth-order valence-electron chi connectivity index (χ4n) is 2.38. The number of nitrogens with zero attached hydrogens (tertiary/aromatic N) is 3. The highest BCUT2D eigenvalue weighted by Crippen LogP contribution is 2.31. The van der Waals surface area contributed by atoms with Crippen molar-refractivity contribution in [3.05, 3.63) is 27.5 Å². The van der Waals surface area contributed by atoms with Crippen LogP contribution in [-0.2, 0) is 9.53 Å². The number of benzene rings is 1. The lowest BCUT2D eigenvalue weighted by atomic mass is 10.1. The van der Waals surface area contributed by atoms with Crippen LogP contribution in [0.15, 0.2) is 16.6 Å². The summed E-state index contributed by atoms with van der Waals surface area (Å²) in [6.45, 7) is 3.16. The van der Waals surface area contributed by atoms with Crippen molar-refractivity contribution in [1.82, 2.24) is 9.97 Å². The first-order valence-corrected chi connectivity index (χ1v) is 7.75. The number of halogens is 2. The summed E-state index contributed by atoms with van der Waals surface area (Å²) >= 11 is 9.53. The summed E-state index contributed by atoms with van der Waals surface area (Å²) in [5, 5.41) is 0.951. The van der Waals surface area contributed by atoms with Crippen LogP contribution in [0.4, 0.5) is 5.82 Å². The Kier molecular flexibility index (Phi) is 4.10. The van der Waals surface area contributed by atoms with E-state index in [1.807, 2.05) is 19.1 Å². The molecule has 21 heavy (non-hydrogen) atoms. The molecule has 1 fully saturated rings. The smallest absolute Gasteiger partial charge is 0.254 e. The fraction of sp³-hybridized carbons (Fsp3) is 0.357. The van der Waals surface area contributed by atoms with Crippen LogP contribution in [0.5, 0.6) is 0 Å². The van der Waals surface area contributed by atoms with Gasteiger partial charge in [0.25, 0.3) is 5.91 Å². The summed E-state index contributed by atoms with van der Waals surface area (Å²) in [6, 6.07) is 3.83. The van der Waals surface area contributed by atoms with E-state index in [2.05, 4.69) is 25.9 Å². The van der Waals surface area contributed by atoms with E-state index < -0.39 is 0 Å². The third kappa shape index (κ3) is 2.75. The summed E-state index contributed by atoms with van der Waals surface area (Å²) in [4.78, 5) is 22.4. The van der Waals surface area contributed by atoms with Crippen molar-refractivity contribution >= 4 is 50.2 Å². The Balaban J connectivity index is 2.22. The third-order valence-electron chi connectivity index (χ3n) is 3.46. The minimum atomic E-state index is -0.107. The molecule has 0 saturated carbocycles. The van der Waals surface area contributed by atoms with Crippen LogP contribution in [0.1, 0.15) is 12.0 Å². The molecule has 1 amide bonds. The fourth-order valence-corrected chi connectivity index (χ4v) is 2.87. The minimum Gasteiger partial charge on any atom is -0.372 e. The third-order valence-corrected chi connectivity index (χ3v) is 4.49. The molecule has 0 spiro atoms. The molecular weight excluding hydrogens is 358 g/mol. The lowest BCUT2D eigenvalue weighted by Gasteiger charge is -2.21. The zero-order valence-corrected chi connectivity index (χ0v) is 13.7. The number of fused-ring (bicyclic) bond motifs is 1. The Morgan fingerprint density at radius 3 is 3.00 bits per heavy atom. The average molecular weight is 371 g/mol. The number of rotatable bonds is 1. The summed E-state index contributed by atoms with van der Waals surface area (Å²) < 4.78 is 6.21. The number of hydrogen-bond donors (Lipinski definition) is 0. The molecule has 5 nitrogen and oxygen atoms in total. The van der Waals surface area contributed by atoms with Crippen LogP contribution in [0.3, 0.4) is 0 Å². The molecule has 2 aromatic rings. The molecular formula is C14H13BrClN3O2. The molecule has 1 aliphatic rings. The van der Waals surface area contributed by atoms with Gasteiger partial charge in [-0.3, -0.25) is 9.69 Å². The monoisotopic (exact) mass is 369 g/mol. The largest absolute Gasteiger partial charge is 0.372 e. The zero-order chi connectivity index (χ0) is 15.0. The highest BCUT2D eigenvalue weighted by Gasteiger charge is 2.23. The van der Waals surface area contributed by atoms with E-state index in [1.165, 1.54) is 0 Å². The second-order valence-corrected chi connectivity index (χ2v) is 6.03. The van der Waals surface area contributed by atoms with Crippen LogP contribution in [0, 0.1) is 6.92 Å². The number of hydrogen-bond acceptors (Lipinski definition) is 4. The van der Waals surface area contributed by atoms with Gasteiger partial charge in [-0.2, -0.15) is 4.98 Å². The molecule has 0 bridgehead atoms. The van der Waals surface area contributed by atoms with Crippen molar-refractivity contribution in [2.24, 2.45) is 0 Å². The Morgan fingerprint density at radius 2 is 2.19 bits per heavy atom. The lowest BCUT2D eigenvalue weighted by molar-refractivity contribution is -0.122. The highest BCUT2D eigenvalue weighted by molar-refractivity contribution is 9.10. The first kappa shape index (κ1) is 14.7. The van der Waals surface area contributed by atoms with E-state index in [-0.39, 0.29) is 17.8 Å². The first-order valence-electron chi connectivity index (χ1n) is 6.58. The Hall–Kier alpha value is -1.24. The predicted octanol–water partition coefficient (Wildman–Crippen LogP) is 3.11. The van der Waals surface area contributed by atoms with Gasteiger partial charge in [0.05, 0.1) is 5.52 Å². The second kappa shape index (κ2) is 5.87. The van der Waals surface area contributed by atoms with Gasteiger partial charge in [0, 0.05) is 23.0 Å². The molecule has 0 unspecified atom stereocenters. The van der Waals surface area contributed by atoms with Crippen molar-refractivity contribution < 1.29 is 9.53 Å². The average Bonchev–Trinajstić information content (AvgIpc) is 2.67. The SMILES string of the molecule is Cc1c(Br)ccc2c(N3CCCOCC3=O)nc(Cl)nc12. The van der Waals surface area contributed by atoms with Crippen molar-refractivity contribution in [2.45, 2.75) is 13.3 Å². The number of carbonyl (C=O) groups excluding carboxylic acids is 1. The molecule has 3 rings (SSSR count). The molecule has 0 N–H and O–H groups in total. The first-order chi connectivity index (χ1) is 10.1. The van der Waals surface area contributed by atoms with E-state index in [4.69, 9.17) is 16.3 Å². The molecule has 1 aliphatic heterocycles. The molecule has 1 aromatic carbocycles. The Bertz CT molecular complexity index is 723.